The van der Waals surface area contributed by atoms with E-state index in [1.54, 1.807) is 22.8 Å². The number of urea groups is 1. The SMILES string of the molecule is CN(CCn1cc(Br)cn1)C(=O)NC1CCC(C(=O)O)CC1. The number of hydrogen-bond donors (Lipinski definition) is 2. The maximum absolute atomic E-state index is 12.1. The lowest BCUT2D eigenvalue weighted by molar-refractivity contribution is -0.142. The van der Waals surface area contributed by atoms with Crippen molar-refractivity contribution in [3.63, 3.8) is 0 Å². The molecule has 7 nitrogen and oxygen atoms in total. The van der Waals surface area contributed by atoms with E-state index >= 15 is 0 Å². The number of carboxylic acid groups (broad SMARTS) is 1. The van der Waals surface area contributed by atoms with E-state index in [1.807, 2.05) is 6.20 Å². The second-order valence-corrected chi connectivity index (χ2v) is 6.60. The van der Waals surface area contributed by atoms with Crippen molar-refractivity contribution in [2.24, 2.45) is 5.92 Å². The van der Waals surface area contributed by atoms with Gasteiger partial charge in [0.15, 0.2) is 0 Å². The highest BCUT2D eigenvalue weighted by atomic mass is 79.9. The van der Waals surface area contributed by atoms with Gasteiger partial charge in [0.25, 0.3) is 0 Å². The summed E-state index contributed by atoms with van der Waals surface area (Å²) < 4.78 is 2.68. The lowest BCUT2D eigenvalue weighted by Gasteiger charge is -2.28. The van der Waals surface area contributed by atoms with Crippen LogP contribution in [0.1, 0.15) is 25.7 Å². The Morgan fingerprint density at radius 2 is 2.14 bits per heavy atom. The zero-order chi connectivity index (χ0) is 16.1. The molecular formula is C14H21BrN4O3. The summed E-state index contributed by atoms with van der Waals surface area (Å²) in [6.45, 7) is 1.19. The molecule has 8 heteroatoms. The standard InChI is InChI=1S/C14H21BrN4O3/c1-18(6-7-19-9-11(15)8-16-19)14(22)17-12-4-2-10(3-5-12)13(20)21/h8-10,12H,2-7H2,1H3,(H,17,22)(H,20,21). The number of rotatable bonds is 5. The summed E-state index contributed by atoms with van der Waals surface area (Å²) in [6, 6.07) is -0.0469. The molecule has 0 aliphatic heterocycles. The molecule has 1 aliphatic carbocycles. The first kappa shape index (κ1) is 16.8. The molecule has 0 spiro atoms. The highest BCUT2D eigenvalue weighted by molar-refractivity contribution is 9.10. The molecule has 0 unspecified atom stereocenters. The Morgan fingerprint density at radius 1 is 1.45 bits per heavy atom. The maximum atomic E-state index is 12.1. The number of carbonyl (C=O) groups is 2. The topological polar surface area (TPSA) is 87.5 Å². The zero-order valence-electron chi connectivity index (χ0n) is 12.5. The highest BCUT2D eigenvalue weighted by Gasteiger charge is 2.27. The Kier molecular flexibility index (Phi) is 5.82. The van der Waals surface area contributed by atoms with E-state index in [1.165, 1.54) is 0 Å². The first-order valence-electron chi connectivity index (χ1n) is 7.38. The highest BCUT2D eigenvalue weighted by Crippen LogP contribution is 2.24. The van der Waals surface area contributed by atoms with Crippen LogP contribution in [0, 0.1) is 5.92 Å². The van der Waals surface area contributed by atoms with Crippen LogP contribution in [-0.2, 0) is 11.3 Å². The number of carbonyl (C=O) groups excluding carboxylic acids is 1. The van der Waals surface area contributed by atoms with Crippen LogP contribution in [0.15, 0.2) is 16.9 Å². The van der Waals surface area contributed by atoms with Gasteiger partial charge in [-0.05, 0) is 41.6 Å². The fraction of sp³-hybridized carbons (Fsp3) is 0.643. The van der Waals surface area contributed by atoms with Gasteiger partial charge in [0, 0.05) is 25.8 Å². The van der Waals surface area contributed by atoms with Crippen molar-refractivity contribution < 1.29 is 14.7 Å². The third kappa shape index (κ3) is 4.72. The molecule has 1 aromatic rings. The van der Waals surface area contributed by atoms with Crippen LogP contribution in [0.4, 0.5) is 4.79 Å². The van der Waals surface area contributed by atoms with Crippen LogP contribution in [0.5, 0.6) is 0 Å². The normalized spacial score (nSPS) is 21.4. The maximum Gasteiger partial charge on any atom is 0.317 e. The molecule has 1 heterocycles. The van der Waals surface area contributed by atoms with Gasteiger partial charge in [-0.2, -0.15) is 5.10 Å². The van der Waals surface area contributed by atoms with Crippen molar-refractivity contribution in [2.75, 3.05) is 13.6 Å². The van der Waals surface area contributed by atoms with Crippen molar-refractivity contribution in [1.29, 1.82) is 0 Å². The Balaban J connectivity index is 1.71. The lowest BCUT2D eigenvalue weighted by Crippen LogP contribution is -2.45. The first-order valence-corrected chi connectivity index (χ1v) is 8.17. The first-order chi connectivity index (χ1) is 10.5. The van der Waals surface area contributed by atoms with Crippen molar-refractivity contribution >= 4 is 27.9 Å². The molecule has 0 aromatic carbocycles. The zero-order valence-corrected chi connectivity index (χ0v) is 14.1. The molecule has 122 valence electrons. The van der Waals surface area contributed by atoms with Crippen molar-refractivity contribution in [1.82, 2.24) is 20.0 Å². The monoisotopic (exact) mass is 372 g/mol. The predicted molar refractivity (Wildman–Crippen MR) is 84.5 cm³/mol. The number of aliphatic carboxylic acids is 1. The summed E-state index contributed by atoms with van der Waals surface area (Å²) in [4.78, 5) is 24.6. The molecule has 1 aromatic heterocycles. The van der Waals surface area contributed by atoms with E-state index in [0.717, 1.165) is 17.3 Å². The Hall–Kier alpha value is -1.57. The predicted octanol–water partition coefficient (Wildman–Crippen LogP) is 1.93. The minimum Gasteiger partial charge on any atom is -0.481 e. The smallest absolute Gasteiger partial charge is 0.317 e. The molecular weight excluding hydrogens is 352 g/mol. The van der Waals surface area contributed by atoms with Crippen LogP contribution < -0.4 is 5.32 Å². The third-order valence-corrected chi connectivity index (χ3v) is 4.43. The number of nitrogens with zero attached hydrogens (tertiary/aromatic N) is 3. The molecule has 0 atom stereocenters. The average Bonchev–Trinajstić information content (AvgIpc) is 2.91. The van der Waals surface area contributed by atoms with Gasteiger partial charge in [-0.25, -0.2) is 4.79 Å². The van der Waals surface area contributed by atoms with Crippen molar-refractivity contribution in [3.05, 3.63) is 16.9 Å². The van der Waals surface area contributed by atoms with Crippen LogP contribution in [-0.4, -0.2) is 51.4 Å². The van der Waals surface area contributed by atoms with E-state index in [9.17, 15) is 9.59 Å². The Morgan fingerprint density at radius 3 is 2.68 bits per heavy atom. The van der Waals surface area contributed by atoms with E-state index in [0.29, 0.717) is 25.9 Å². The summed E-state index contributed by atoms with van der Waals surface area (Å²) >= 11 is 3.33. The number of halogens is 1. The number of carboxylic acids is 1. The van der Waals surface area contributed by atoms with E-state index in [-0.39, 0.29) is 18.0 Å². The van der Waals surface area contributed by atoms with Crippen LogP contribution in [0.2, 0.25) is 0 Å². The number of aromatic nitrogens is 2. The molecule has 0 bridgehead atoms. The van der Waals surface area contributed by atoms with Gasteiger partial charge in [0.05, 0.1) is 23.1 Å². The number of amides is 2. The second-order valence-electron chi connectivity index (χ2n) is 5.68. The molecule has 1 saturated carbocycles. The Bertz CT molecular complexity index is 526. The summed E-state index contributed by atoms with van der Waals surface area (Å²) in [5.74, 6) is -0.989. The van der Waals surface area contributed by atoms with Gasteiger partial charge in [0.1, 0.15) is 0 Å². The molecule has 0 saturated heterocycles. The molecule has 1 fully saturated rings. The van der Waals surface area contributed by atoms with Gasteiger partial charge in [-0.3, -0.25) is 9.48 Å². The summed E-state index contributed by atoms with van der Waals surface area (Å²) in [5.41, 5.74) is 0. The number of likely N-dealkylation sites (N-methyl/N-ethyl adjacent to an activating group) is 1. The molecule has 2 amide bonds. The molecule has 2 rings (SSSR count). The summed E-state index contributed by atoms with van der Waals surface area (Å²) in [6.07, 6.45) is 6.28. The molecule has 1 aliphatic rings. The van der Waals surface area contributed by atoms with E-state index in [2.05, 4.69) is 26.3 Å². The third-order valence-electron chi connectivity index (χ3n) is 4.02. The quantitative estimate of drug-likeness (QED) is 0.826. The molecule has 0 radical (unpaired) electrons. The van der Waals surface area contributed by atoms with Crippen LogP contribution >= 0.6 is 15.9 Å². The van der Waals surface area contributed by atoms with E-state index < -0.39 is 5.97 Å². The average molecular weight is 373 g/mol. The minimum atomic E-state index is -0.729. The lowest BCUT2D eigenvalue weighted by atomic mass is 9.86. The molecule has 2 N–H and O–H groups in total. The fourth-order valence-corrected chi connectivity index (χ4v) is 2.91. The van der Waals surface area contributed by atoms with Crippen LogP contribution in [0.25, 0.3) is 0 Å². The van der Waals surface area contributed by atoms with Gasteiger partial charge in [0.2, 0.25) is 0 Å². The largest absolute Gasteiger partial charge is 0.481 e. The second kappa shape index (κ2) is 7.62. The minimum absolute atomic E-state index is 0.0735. The summed E-state index contributed by atoms with van der Waals surface area (Å²) in [7, 11) is 1.75. The summed E-state index contributed by atoms with van der Waals surface area (Å²) in [5, 5.41) is 16.1. The number of hydrogen-bond acceptors (Lipinski definition) is 3. The van der Waals surface area contributed by atoms with Gasteiger partial charge < -0.3 is 15.3 Å². The van der Waals surface area contributed by atoms with Crippen molar-refractivity contribution in [2.45, 2.75) is 38.3 Å². The van der Waals surface area contributed by atoms with Gasteiger partial charge in [-0.1, -0.05) is 0 Å². The Labute approximate surface area is 137 Å². The van der Waals surface area contributed by atoms with Crippen molar-refractivity contribution in [3.8, 4) is 0 Å². The number of nitrogens with one attached hydrogen (secondary N) is 1. The molecule has 22 heavy (non-hydrogen) atoms. The van der Waals surface area contributed by atoms with Gasteiger partial charge >= 0.3 is 12.0 Å². The van der Waals surface area contributed by atoms with Crippen LogP contribution in [0.3, 0.4) is 0 Å². The van der Waals surface area contributed by atoms with E-state index in [4.69, 9.17) is 5.11 Å². The fourth-order valence-electron chi connectivity index (χ4n) is 2.58. The van der Waals surface area contributed by atoms with Gasteiger partial charge in [-0.15, -0.1) is 0 Å².